The van der Waals surface area contributed by atoms with Gasteiger partial charge in [0.05, 0.1) is 11.9 Å². The van der Waals surface area contributed by atoms with Crippen molar-refractivity contribution in [1.29, 1.82) is 0 Å². The molecular formula is C14H12Cl2N2O. The van der Waals surface area contributed by atoms with E-state index in [0.29, 0.717) is 21.4 Å². The highest BCUT2D eigenvalue weighted by atomic mass is 35.5. The van der Waals surface area contributed by atoms with Crippen LogP contribution < -0.4 is 5.32 Å². The molecule has 0 aliphatic carbocycles. The molecule has 1 amide bonds. The number of aryl methyl sites for hydroxylation is 2. The van der Waals surface area contributed by atoms with E-state index in [1.807, 2.05) is 19.9 Å². The monoisotopic (exact) mass is 294 g/mol. The Bertz CT molecular complexity index is 641. The molecule has 1 aromatic heterocycles. The summed E-state index contributed by atoms with van der Waals surface area (Å²) in [7, 11) is 0. The number of benzene rings is 1. The number of halogens is 2. The summed E-state index contributed by atoms with van der Waals surface area (Å²) in [6.07, 6.45) is 1.52. The first-order valence-electron chi connectivity index (χ1n) is 5.67. The molecule has 0 spiro atoms. The maximum atomic E-state index is 12.0. The number of hydrogen-bond acceptors (Lipinski definition) is 2. The van der Waals surface area contributed by atoms with E-state index in [1.165, 1.54) is 6.20 Å². The number of nitrogens with one attached hydrogen (secondary N) is 1. The average Bonchev–Trinajstić information content (AvgIpc) is 2.37. The van der Waals surface area contributed by atoms with Crippen LogP contribution in [0.25, 0.3) is 0 Å². The first-order valence-corrected chi connectivity index (χ1v) is 6.42. The summed E-state index contributed by atoms with van der Waals surface area (Å²) in [5, 5.41) is 3.75. The second-order valence-corrected chi connectivity index (χ2v) is 5.02. The van der Waals surface area contributed by atoms with Crippen molar-refractivity contribution in [2.75, 3.05) is 5.32 Å². The molecule has 0 bridgehead atoms. The van der Waals surface area contributed by atoms with Crippen molar-refractivity contribution in [3.63, 3.8) is 0 Å². The number of pyridine rings is 1. The van der Waals surface area contributed by atoms with Gasteiger partial charge in [-0.05, 0) is 43.2 Å². The molecule has 0 unspecified atom stereocenters. The minimum Gasteiger partial charge on any atom is -0.321 e. The van der Waals surface area contributed by atoms with Crippen LogP contribution in [0.4, 0.5) is 5.69 Å². The van der Waals surface area contributed by atoms with Gasteiger partial charge < -0.3 is 5.32 Å². The quantitative estimate of drug-likeness (QED) is 0.841. The maximum Gasteiger partial charge on any atom is 0.255 e. The van der Waals surface area contributed by atoms with E-state index in [0.717, 1.165) is 11.1 Å². The fourth-order valence-electron chi connectivity index (χ4n) is 1.56. The Balaban J connectivity index is 2.20. The Kier molecular flexibility index (Phi) is 4.08. The van der Waals surface area contributed by atoms with Gasteiger partial charge >= 0.3 is 0 Å². The van der Waals surface area contributed by atoms with Gasteiger partial charge in [0.1, 0.15) is 5.15 Å². The predicted octanol–water partition coefficient (Wildman–Crippen LogP) is 4.26. The van der Waals surface area contributed by atoms with Crippen LogP contribution in [-0.4, -0.2) is 10.9 Å². The Hall–Kier alpha value is -1.58. The second kappa shape index (κ2) is 5.59. The van der Waals surface area contributed by atoms with Crippen molar-refractivity contribution in [2.45, 2.75) is 13.8 Å². The number of rotatable bonds is 2. The smallest absolute Gasteiger partial charge is 0.255 e. The van der Waals surface area contributed by atoms with Crippen molar-refractivity contribution >= 4 is 34.8 Å². The Labute approximate surface area is 121 Å². The van der Waals surface area contributed by atoms with E-state index in [-0.39, 0.29) is 5.91 Å². The number of carbonyl (C=O) groups is 1. The van der Waals surface area contributed by atoms with Gasteiger partial charge in [0, 0.05) is 10.6 Å². The van der Waals surface area contributed by atoms with Gasteiger partial charge in [-0.2, -0.15) is 0 Å². The highest BCUT2D eigenvalue weighted by Crippen LogP contribution is 2.19. The first kappa shape index (κ1) is 13.8. The zero-order valence-corrected chi connectivity index (χ0v) is 12.0. The van der Waals surface area contributed by atoms with Crippen LogP contribution in [0.3, 0.4) is 0 Å². The fraction of sp³-hybridized carbons (Fsp3) is 0.143. The lowest BCUT2D eigenvalue weighted by atomic mass is 10.1. The highest BCUT2D eigenvalue weighted by Gasteiger charge is 2.08. The van der Waals surface area contributed by atoms with Gasteiger partial charge in [-0.25, -0.2) is 4.98 Å². The predicted molar refractivity (Wildman–Crippen MR) is 78.1 cm³/mol. The molecule has 19 heavy (non-hydrogen) atoms. The number of amides is 1. The number of hydrogen-bond donors (Lipinski definition) is 1. The molecule has 0 saturated carbocycles. The van der Waals surface area contributed by atoms with E-state index in [9.17, 15) is 4.79 Å². The minimum absolute atomic E-state index is 0.231. The van der Waals surface area contributed by atoms with E-state index in [1.54, 1.807) is 18.2 Å². The Morgan fingerprint density at radius 2 is 1.89 bits per heavy atom. The normalized spacial score (nSPS) is 10.3. The largest absolute Gasteiger partial charge is 0.321 e. The van der Waals surface area contributed by atoms with Gasteiger partial charge in [-0.3, -0.25) is 4.79 Å². The molecule has 98 valence electrons. The van der Waals surface area contributed by atoms with Crippen molar-refractivity contribution < 1.29 is 4.79 Å². The van der Waals surface area contributed by atoms with Gasteiger partial charge in [0.2, 0.25) is 0 Å². The Morgan fingerprint density at radius 1 is 1.16 bits per heavy atom. The molecule has 0 fully saturated rings. The van der Waals surface area contributed by atoms with E-state index in [4.69, 9.17) is 23.2 Å². The van der Waals surface area contributed by atoms with Crippen LogP contribution in [0.2, 0.25) is 10.2 Å². The van der Waals surface area contributed by atoms with Gasteiger partial charge in [0.25, 0.3) is 5.91 Å². The van der Waals surface area contributed by atoms with Crippen LogP contribution in [0.5, 0.6) is 0 Å². The van der Waals surface area contributed by atoms with Crippen LogP contribution in [-0.2, 0) is 0 Å². The third kappa shape index (κ3) is 3.25. The van der Waals surface area contributed by atoms with Crippen molar-refractivity contribution in [3.8, 4) is 0 Å². The molecular weight excluding hydrogens is 283 g/mol. The number of nitrogens with zero attached hydrogens (tertiary/aromatic N) is 1. The SMILES string of the molecule is Cc1ccc(C(=O)Nc2cnc(Cl)c(C)c2)cc1Cl. The summed E-state index contributed by atoms with van der Waals surface area (Å²) >= 11 is 11.8. The van der Waals surface area contributed by atoms with Gasteiger partial charge in [0.15, 0.2) is 0 Å². The average molecular weight is 295 g/mol. The molecule has 0 radical (unpaired) electrons. The molecule has 0 aliphatic rings. The molecule has 1 heterocycles. The second-order valence-electron chi connectivity index (χ2n) is 4.25. The zero-order chi connectivity index (χ0) is 14.0. The summed E-state index contributed by atoms with van der Waals surface area (Å²) in [6.45, 7) is 3.71. The summed E-state index contributed by atoms with van der Waals surface area (Å²) in [5.41, 5.74) is 2.84. The first-order chi connectivity index (χ1) is 8.97. The molecule has 0 atom stereocenters. The number of aromatic nitrogens is 1. The van der Waals surface area contributed by atoms with Crippen molar-refractivity contribution in [2.24, 2.45) is 0 Å². The molecule has 2 rings (SSSR count). The topological polar surface area (TPSA) is 42.0 Å². The van der Waals surface area contributed by atoms with E-state index >= 15 is 0 Å². The fourth-order valence-corrected chi connectivity index (χ4v) is 1.85. The number of anilines is 1. The van der Waals surface area contributed by atoms with E-state index in [2.05, 4.69) is 10.3 Å². The lowest BCUT2D eigenvalue weighted by Crippen LogP contribution is -2.12. The van der Waals surface area contributed by atoms with E-state index < -0.39 is 0 Å². The lowest BCUT2D eigenvalue weighted by Gasteiger charge is -2.07. The summed E-state index contributed by atoms with van der Waals surface area (Å²) in [6, 6.07) is 6.95. The number of carbonyl (C=O) groups excluding carboxylic acids is 1. The minimum atomic E-state index is -0.231. The Morgan fingerprint density at radius 3 is 2.53 bits per heavy atom. The molecule has 2 aromatic rings. The zero-order valence-electron chi connectivity index (χ0n) is 10.5. The summed E-state index contributed by atoms with van der Waals surface area (Å²) in [4.78, 5) is 16.0. The molecule has 1 N–H and O–H groups in total. The van der Waals surface area contributed by atoms with Crippen LogP contribution in [0.1, 0.15) is 21.5 Å². The van der Waals surface area contributed by atoms with Crippen LogP contribution >= 0.6 is 23.2 Å². The molecule has 0 aliphatic heterocycles. The van der Waals surface area contributed by atoms with Crippen LogP contribution in [0.15, 0.2) is 30.5 Å². The summed E-state index contributed by atoms with van der Waals surface area (Å²) in [5.74, 6) is -0.231. The molecule has 0 saturated heterocycles. The molecule has 5 heteroatoms. The third-order valence-electron chi connectivity index (χ3n) is 2.71. The third-order valence-corrected chi connectivity index (χ3v) is 3.51. The highest BCUT2D eigenvalue weighted by molar-refractivity contribution is 6.31. The van der Waals surface area contributed by atoms with Gasteiger partial charge in [-0.1, -0.05) is 29.3 Å². The van der Waals surface area contributed by atoms with Crippen LogP contribution in [0, 0.1) is 13.8 Å². The molecule has 3 nitrogen and oxygen atoms in total. The van der Waals surface area contributed by atoms with Crippen molar-refractivity contribution in [3.05, 3.63) is 57.3 Å². The molecule has 1 aromatic carbocycles. The summed E-state index contributed by atoms with van der Waals surface area (Å²) < 4.78 is 0. The lowest BCUT2D eigenvalue weighted by molar-refractivity contribution is 0.102. The van der Waals surface area contributed by atoms with Gasteiger partial charge in [-0.15, -0.1) is 0 Å². The van der Waals surface area contributed by atoms with Crippen molar-refractivity contribution in [1.82, 2.24) is 4.98 Å². The standard InChI is InChI=1S/C14H12Cl2N2O/c1-8-3-4-10(6-12(8)15)14(19)18-11-5-9(2)13(16)17-7-11/h3-7H,1-2H3,(H,18,19). The maximum absolute atomic E-state index is 12.0.